The van der Waals surface area contributed by atoms with Crippen LogP contribution in [0.15, 0.2) is 54.1 Å². The van der Waals surface area contributed by atoms with Crippen LogP contribution in [0.1, 0.15) is 23.1 Å². The highest BCUT2D eigenvalue weighted by Crippen LogP contribution is 2.48. The van der Waals surface area contributed by atoms with Gasteiger partial charge in [0.2, 0.25) is 0 Å². The molecule has 0 saturated carbocycles. The quantitative estimate of drug-likeness (QED) is 0.793. The number of hydrogen-bond donors (Lipinski definition) is 1. The summed E-state index contributed by atoms with van der Waals surface area (Å²) in [6, 6.07) is 12.0. The Kier molecular flexibility index (Phi) is 4.52. The molecule has 0 aliphatic carbocycles. The van der Waals surface area contributed by atoms with Crippen molar-refractivity contribution in [1.29, 1.82) is 5.26 Å². The fourth-order valence-corrected chi connectivity index (χ4v) is 3.15. The Morgan fingerprint density at radius 3 is 2.19 bits per heavy atom. The minimum Gasteiger partial charge on any atom is -0.333 e. The van der Waals surface area contributed by atoms with Gasteiger partial charge in [-0.3, -0.25) is 4.79 Å². The molecular weight excluding hydrogens is 360 g/mol. The van der Waals surface area contributed by atoms with Gasteiger partial charge in [0.1, 0.15) is 17.5 Å². The smallest absolute Gasteiger partial charge is 0.333 e. The number of alkyl halides is 3. The van der Waals surface area contributed by atoms with Gasteiger partial charge in [-0.2, -0.15) is 18.4 Å². The molecule has 3 rings (SSSR count). The molecule has 3 nitrogen and oxygen atoms in total. The Balaban J connectivity index is 2.22. The maximum absolute atomic E-state index is 14.1. The predicted octanol–water partition coefficient (Wildman–Crippen LogP) is 4.39. The molecule has 2 aromatic rings. The largest absolute Gasteiger partial charge is 0.416 e. The SMILES string of the molecule is Cc1ccc(C2=C(C#N)C(=O)NC(c3ccc(F)cc3)(C(F)(F)F)C2)cc1. The van der Waals surface area contributed by atoms with Gasteiger partial charge in [0.25, 0.3) is 5.91 Å². The zero-order valence-electron chi connectivity index (χ0n) is 14.2. The molecule has 0 radical (unpaired) electrons. The lowest BCUT2D eigenvalue weighted by molar-refractivity contribution is -0.201. The van der Waals surface area contributed by atoms with Gasteiger partial charge in [-0.1, -0.05) is 42.0 Å². The van der Waals surface area contributed by atoms with E-state index in [4.69, 9.17) is 0 Å². The van der Waals surface area contributed by atoms with Crippen LogP contribution in [0.4, 0.5) is 17.6 Å². The first-order valence-corrected chi connectivity index (χ1v) is 8.03. The number of benzene rings is 2. The average Bonchev–Trinajstić information content (AvgIpc) is 2.61. The van der Waals surface area contributed by atoms with Crippen molar-refractivity contribution in [3.63, 3.8) is 0 Å². The van der Waals surface area contributed by atoms with Crippen molar-refractivity contribution < 1.29 is 22.4 Å². The van der Waals surface area contributed by atoms with Crippen LogP contribution in [0.25, 0.3) is 5.57 Å². The van der Waals surface area contributed by atoms with E-state index in [1.54, 1.807) is 30.3 Å². The Labute approximate surface area is 152 Å². The van der Waals surface area contributed by atoms with E-state index in [-0.39, 0.29) is 16.7 Å². The first-order chi connectivity index (χ1) is 12.7. The van der Waals surface area contributed by atoms with Crippen molar-refractivity contribution in [2.75, 3.05) is 0 Å². The normalized spacial score (nSPS) is 20.2. The fourth-order valence-electron chi connectivity index (χ4n) is 3.15. The van der Waals surface area contributed by atoms with Gasteiger partial charge in [-0.25, -0.2) is 4.39 Å². The zero-order valence-corrected chi connectivity index (χ0v) is 14.2. The Bertz CT molecular complexity index is 953. The number of rotatable bonds is 2. The predicted molar refractivity (Wildman–Crippen MR) is 90.6 cm³/mol. The van der Waals surface area contributed by atoms with Gasteiger partial charge < -0.3 is 5.32 Å². The first-order valence-electron chi connectivity index (χ1n) is 8.03. The maximum Gasteiger partial charge on any atom is 0.416 e. The van der Waals surface area contributed by atoms with Crippen molar-refractivity contribution in [2.45, 2.75) is 25.1 Å². The second-order valence-electron chi connectivity index (χ2n) is 6.37. The molecule has 0 aromatic heterocycles. The van der Waals surface area contributed by atoms with Crippen molar-refractivity contribution in [3.05, 3.63) is 76.6 Å². The topological polar surface area (TPSA) is 52.9 Å². The summed E-state index contributed by atoms with van der Waals surface area (Å²) in [4.78, 5) is 12.4. The molecule has 0 fully saturated rings. The summed E-state index contributed by atoms with van der Waals surface area (Å²) in [6.45, 7) is 1.81. The Morgan fingerprint density at radius 2 is 1.67 bits per heavy atom. The molecular formula is C20H14F4N2O. The molecule has 1 aliphatic heterocycles. The van der Waals surface area contributed by atoms with Gasteiger partial charge >= 0.3 is 6.18 Å². The van der Waals surface area contributed by atoms with Crippen molar-refractivity contribution >= 4 is 11.5 Å². The first kappa shape index (κ1) is 18.6. The molecule has 0 spiro atoms. The zero-order chi connectivity index (χ0) is 19.8. The summed E-state index contributed by atoms with van der Waals surface area (Å²) in [5.74, 6) is -1.80. The summed E-state index contributed by atoms with van der Waals surface area (Å²) in [5, 5.41) is 11.3. The van der Waals surface area contributed by atoms with E-state index in [1.165, 1.54) is 0 Å². The van der Waals surface area contributed by atoms with E-state index in [0.29, 0.717) is 5.56 Å². The molecule has 1 N–H and O–H groups in total. The molecule has 138 valence electrons. The van der Waals surface area contributed by atoms with Crippen molar-refractivity contribution in [3.8, 4) is 6.07 Å². The lowest BCUT2D eigenvalue weighted by Crippen LogP contribution is -2.58. The molecule has 1 aliphatic rings. The monoisotopic (exact) mass is 374 g/mol. The number of halogens is 4. The standard InChI is InChI=1S/C20H14F4N2O/c1-12-2-4-13(5-3-12)16-10-19(20(22,23)24,26-18(27)17(16)11-25)14-6-8-15(21)9-7-14/h2-9H,10H2,1H3,(H,26,27). The van der Waals surface area contributed by atoms with Crippen LogP contribution in [0.3, 0.4) is 0 Å². The van der Waals surface area contributed by atoms with Crippen molar-refractivity contribution in [2.24, 2.45) is 0 Å². The number of hydrogen-bond acceptors (Lipinski definition) is 2. The molecule has 1 unspecified atom stereocenters. The van der Waals surface area contributed by atoms with Gasteiger partial charge in [-0.05, 0) is 35.8 Å². The van der Waals surface area contributed by atoms with E-state index in [9.17, 15) is 27.6 Å². The third-order valence-corrected chi connectivity index (χ3v) is 4.63. The molecule has 0 saturated heterocycles. The second kappa shape index (κ2) is 6.54. The number of carbonyl (C=O) groups is 1. The fraction of sp³-hybridized carbons (Fsp3) is 0.200. The van der Waals surface area contributed by atoms with Crippen molar-refractivity contribution in [1.82, 2.24) is 5.32 Å². The number of nitrogens with one attached hydrogen (secondary N) is 1. The second-order valence-corrected chi connectivity index (χ2v) is 6.37. The highest BCUT2D eigenvalue weighted by atomic mass is 19.4. The summed E-state index contributed by atoms with van der Waals surface area (Å²) in [6.07, 6.45) is -5.53. The van der Waals surface area contributed by atoms with E-state index in [1.807, 2.05) is 12.2 Å². The molecule has 1 amide bonds. The average molecular weight is 374 g/mol. The highest BCUT2D eigenvalue weighted by molar-refractivity contribution is 6.07. The van der Waals surface area contributed by atoms with E-state index < -0.39 is 29.9 Å². The number of nitrogens with zero attached hydrogens (tertiary/aromatic N) is 1. The van der Waals surface area contributed by atoms with E-state index in [2.05, 4.69) is 0 Å². The van der Waals surface area contributed by atoms with Crippen LogP contribution in [-0.2, 0) is 10.3 Å². The van der Waals surface area contributed by atoms with Gasteiger partial charge in [0.05, 0.1) is 0 Å². The molecule has 7 heteroatoms. The molecule has 1 atom stereocenters. The summed E-state index contributed by atoms with van der Waals surface area (Å²) in [5.41, 5.74) is -2.16. The molecule has 2 aromatic carbocycles. The number of aryl methyl sites for hydroxylation is 1. The van der Waals surface area contributed by atoms with E-state index in [0.717, 1.165) is 29.8 Å². The Morgan fingerprint density at radius 1 is 1.07 bits per heavy atom. The van der Waals surface area contributed by atoms with Crippen LogP contribution in [-0.4, -0.2) is 12.1 Å². The maximum atomic E-state index is 14.1. The summed E-state index contributed by atoms with van der Waals surface area (Å²) < 4.78 is 55.6. The van der Waals surface area contributed by atoms with Crippen LogP contribution in [0, 0.1) is 24.1 Å². The molecule has 1 heterocycles. The molecule has 27 heavy (non-hydrogen) atoms. The summed E-state index contributed by atoms with van der Waals surface area (Å²) >= 11 is 0. The Hall–Kier alpha value is -3.14. The van der Waals surface area contributed by atoms with Crippen LogP contribution in [0.2, 0.25) is 0 Å². The number of nitriles is 1. The van der Waals surface area contributed by atoms with Crippen LogP contribution in [0.5, 0.6) is 0 Å². The summed E-state index contributed by atoms with van der Waals surface area (Å²) in [7, 11) is 0. The van der Waals surface area contributed by atoms with E-state index >= 15 is 0 Å². The lowest BCUT2D eigenvalue weighted by atomic mass is 9.76. The number of carbonyl (C=O) groups excluding carboxylic acids is 1. The minimum absolute atomic E-state index is 0.00269. The van der Waals surface area contributed by atoms with Gasteiger partial charge in [0, 0.05) is 6.42 Å². The third kappa shape index (κ3) is 3.19. The third-order valence-electron chi connectivity index (χ3n) is 4.63. The van der Waals surface area contributed by atoms with Crippen LogP contribution < -0.4 is 5.32 Å². The minimum atomic E-state index is -4.86. The highest BCUT2D eigenvalue weighted by Gasteiger charge is 2.59. The molecule has 0 bridgehead atoms. The number of amides is 1. The van der Waals surface area contributed by atoms with Gasteiger partial charge in [-0.15, -0.1) is 0 Å². The van der Waals surface area contributed by atoms with Crippen LogP contribution >= 0.6 is 0 Å². The lowest BCUT2D eigenvalue weighted by Gasteiger charge is -2.40. The van der Waals surface area contributed by atoms with Gasteiger partial charge in [0.15, 0.2) is 5.54 Å².